The Morgan fingerprint density at radius 2 is 1.83 bits per heavy atom. The molecular weight excluding hydrogens is 328 g/mol. The number of aryl methyl sites for hydroxylation is 2. The van der Waals surface area contributed by atoms with Gasteiger partial charge in [-0.15, -0.1) is 0 Å². The summed E-state index contributed by atoms with van der Waals surface area (Å²) in [5.41, 5.74) is 0.942. The molecule has 0 bridgehead atoms. The van der Waals surface area contributed by atoms with Crippen LogP contribution in [0, 0.1) is 18.8 Å². The van der Waals surface area contributed by atoms with Crippen molar-refractivity contribution in [1.29, 1.82) is 0 Å². The second-order valence-corrected chi connectivity index (χ2v) is 8.55. The molecule has 128 valence electrons. The first kappa shape index (κ1) is 15.5. The van der Waals surface area contributed by atoms with Crippen LogP contribution in [-0.2, 0) is 17.1 Å². The molecule has 2 saturated heterocycles. The van der Waals surface area contributed by atoms with Gasteiger partial charge in [0.15, 0.2) is 0 Å². The molecule has 8 nitrogen and oxygen atoms in total. The molecule has 4 heterocycles. The Morgan fingerprint density at radius 3 is 2.42 bits per heavy atom. The number of hydrogen-bond donors (Lipinski definition) is 0. The summed E-state index contributed by atoms with van der Waals surface area (Å²) < 4.78 is 28.5. The molecule has 0 radical (unpaired) electrons. The van der Waals surface area contributed by atoms with Crippen LogP contribution in [0.1, 0.15) is 5.69 Å². The zero-order valence-corrected chi connectivity index (χ0v) is 14.5. The predicted molar refractivity (Wildman–Crippen MR) is 87.9 cm³/mol. The maximum absolute atomic E-state index is 12.7. The van der Waals surface area contributed by atoms with Crippen LogP contribution in [0.5, 0.6) is 0 Å². The molecule has 24 heavy (non-hydrogen) atoms. The van der Waals surface area contributed by atoms with E-state index in [9.17, 15) is 8.42 Å². The fraction of sp³-hybridized carbons (Fsp3) is 0.533. The third-order valence-electron chi connectivity index (χ3n) is 4.89. The number of fused-ring (bicyclic) bond motifs is 1. The molecule has 2 aromatic heterocycles. The highest BCUT2D eigenvalue weighted by Crippen LogP contribution is 2.35. The van der Waals surface area contributed by atoms with E-state index >= 15 is 0 Å². The number of anilines is 1. The maximum atomic E-state index is 12.7. The molecular formula is C15H20N6O2S. The zero-order chi connectivity index (χ0) is 16.9. The van der Waals surface area contributed by atoms with Gasteiger partial charge >= 0.3 is 0 Å². The van der Waals surface area contributed by atoms with Crippen LogP contribution in [0.15, 0.2) is 29.7 Å². The molecule has 0 aromatic carbocycles. The molecule has 9 heteroatoms. The lowest BCUT2D eigenvalue weighted by Crippen LogP contribution is -2.33. The van der Waals surface area contributed by atoms with Crippen molar-refractivity contribution in [3.8, 4) is 0 Å². The van der Waals surface area contributed by atoms with Gasteiger partial charge in [0.05, 0.1) is 6.20 Å². The number of nitrogens with zero attached hydrogens (tertiary/aromatic N) is 6. The fourth-order valence-electron chi connectivity index (χ4n) is 3.63. The standard InChI is InChI=1S/C15H20N6O2S/c1-11-3-15(17-10-16-11)20-5-12-7-21(8-13(12)6-20)24(22,23)14-4-18-19(2)9-14/h3-4,9-10,12-13H,5-8H2,1-2H3. The van der Waals surface area contributed by atoms with E-state index in [1.165, 1.54) is 10.9 Å². The van der Waals surface area contributed by atoms with Gasteiger partial charge in [-0.05, 0) is 18.8 Å². The van der Waals surface area contributed by atoms with Gasteiger partial charge in [0.2, 0.25) is 10.0 Å². The maximum Gasteiger partial charge on any atom is 0.246 e. The lowest BCUT2D eigenvalue weighted by Gasteiger charge is -2.21. The van der Waals surface area contributed by atoms with Gasteiger partial charge < -0.3 is 4.90 Å². The van der Waals surface area contributed by atoms with Crippen molar-refractivity contribution in [2.75, 3.05) is 31.1 Å². The Kier molecular flexibility index (Phi) is 3.57. The first-order valence-electron chi connectivity index (χ1n) is 7.96. The van der Waals surface area contributed by atoms with Gasteiger partial charge in [0, 0.05) is 51.2 Å². The summed E-state index contributed by atoms with van der Waals surface area (Å²) in [7, 11) is -1.72. The summed E-state index contributed by atoms with van der Waals surface area (Å²) in [5, 5.41) is 3.97. The molecule has 2 fully saturated rings. The molecule has 2 atom stereocenters. The van der Waals surface area contributed by atoms with Gasteiger partial charge in [-0.1, -0.05) is 0 Å². The van der Waals surface area contributed by atoms with E-state index in [0.717, 1.165) is 24.6 Å². The Morgan fingerprint density at radius 1 is 1.12 bits per heavy atom. The van der Waals surface area contributed by atoms with E-state index in [-0.39, 0.29) is 4.90 Å². The molecule has 0 saturated carbocycles. The van der Waals surface area contributed by atoms with Crippen LogP contribution in [0.4, 0.5) is 5.82 Å². The Labute approximate surface area is 141 Å². The summed E-state index contributed by atoms with van der Waals surface area (Å²) >= 11 is 0. The topological polar surface area (TPSA) is 84.2 Å². The normalized spacial score (nSPS) is 24.5. The SMILES string of the molecule is Cc1cc(N2CC3CN(S(=O)(=O)c4cnn(C)c4)CC3C2)ncn1. The molecule has 0 spiro atoms. The summed E-state index contributed by atoms with van der Waals surface area (Å²) in [4.78, 5) is 11.0. The minimum Gasteiger partial charge on any atom is -0.356 e. The van der Waals surface area contributed by atoms with E-state index in [4.69, 9.17) is 0 Å². The van der Waals surface area contributed by atoms with Gasteiger partial charge in [-0.25, -0.2) is 18.4 Å². The van der Waals surface area contributed by atoms with Gasteiger partial charge in [0.1, 0.15) is 17.0 Å². The first-order valence-corrected chi connectivity index (χ1v) is 9.40. The second-order valence-electron chi connectivity index (χ2n) is 6.61. The third-order valence-corrected chi connectivity index (χ3v) is 6.67. The highest BCUT2D eigenvalue weighted by molar-refractivity contribution is 7.89. The first-order chi connectivity index (χ1) is 11.4. The van der Waals surface area contributed by atoms with E-state index in [1.54, 1.807) is 23.9 Å². The van der Waals surface area contributed by atoms with Crippen LogP contribution < -0.4 is 4.90 Å². The minimum absolute atomic E-state index is 0.272. The van der Waals surface area contributed by atoms with Crippen LogP contribution in [0.2, 0.25) is 0 Å². The van der Waals surface area contributed by atoms with Crippen molar-refractivity contribution < 1.29 is 8.42 Å². The predicted octanol–water partition coefficient (Wildman–Crippen LogP) is 0.275. The smallest absolute Gasteiger partial charge is 0.246 e. The molecule has 4 rings (SSSR count). The van der Waals surface area contributed by atoms with Crippen molar-refractivity contribution in [3.05, 3.63) is 30.5 Å². The quantitative estimate of drug-likeness (QED) is 0.792. The van der Waals surface area contributed by atoms with Crippen molar-refractivity contribution in [2.45, 2.75) is 11.8 Å². The monoisotopic (exact) mass is 348 g/mol. The molecule has 0 amide bonds. The highest BCUT2D eigenvalue weighted by Gasteiger charge is 2.44. The Bertz CT molecular complexity index is 850. The third kappa shape index (κ3) is 2.57. The summed E-state index contributed by atoms with van der Waals surface area (Å²) in [5.74, 6) is 1.61. The molecule has 2 aliphatic rings. The van der Waals surface area contributed by atoms with Gasteiger partial charge in [0.25, 0.3) is 0 Å². The summed E-state index contributed by atoms with van der Waals surface area (Å²) in [6.07, 6.45) is 4.55. The Balaban J connectivity index is 1.48. The number of aromatic nitrogens is 4. The van der Waals surface area contributed by atoms with Gasteiger partial charge in [-0.3, -0.25) is 4.68 Å². The van der Waals surface area contributed by atoms with Crippen molar-refractivity contribution in [3.63, 3.8) is 0 Å². The Hall–Kier alpha value is -2.00. The number of hydrogen-bond acceptors (Lipinski definition) is 6. The molecule has 2 aliphatic heterocycles. The number of sulfonamides is 1. The average molecular weight is 348 g/mol. The largest absolute Gasteiger partial charge is 0.356 e. The van der Waals surface area contributed by atoms with Crippen LogP contribution in [0.25, 0.3) is 0 Å². The molecule has 0 aliphatic carbocycles. The van der Waals surface area contributed by atoms with Crippen molar-refractivity contribution in [2.24, 2.45) is 18.9 Å². The summed E-state index contributed by atoms with van der Waals surface area (Å²) in [6.45, 7) is 4.73. The van der Waals surface area contributed by atoms with Crippen LogP contribution >= 0.6 is 0 Å². The summed E-state index contributed by atoms with van der Waals surface area (Å²) in [6, 6.07) is 1.98. The average Bonchev–Trinajstić information content (AvgIpc) is 3.20. The van der Waals surface area contributed by atoms with Gasteiger partial charge in [-0.2, -0.15) is 9.40 Å². The van der Waals surface area contributed by atoms with E-state index in [2.05, 4.69) is 20.0 Å². The lowest BCUT2D eigenvalue weighted by atomic mass is 10.0. The molecule has 0 N–H and O–H groups in total. The van der Waals surface area contributed by atoms with E-state index in [1.807, 2.05) is 13.0 Å². The fourth-order valence-corrected chi connectivity index (χ4v) is 5.17. The van der Waals surface area contributed by atoms with Crippen LogP contribution in [0.3, 0.4) is 0 Å². The van der Waals surface area contributed by atoms with E-state index < -0.39 is 10.0 Å². The lowest BCUT2D eigenvalue weighted by molar-refractivity contribution is 0.453. The zero-order valence-electron chi connectivity index (χ0n) is 13.7. The van der Waals surface area contributed by atoms with Crippen molar-refractivity contribution in [1.82, 2.24) is 24.1 Å². The minimum atomic E-state index is -3.44. The van der Waals surface area contributed by atoms with Crippen molar-refractivity contribution >= 4 is 15.8 Å². The van der Waals surface area contributed by atoms with Crippen LogP contribution in [-0.4, -0.2) is 58.7 Å². The molecule has 2 aromatic rings. The van der Waals surface area contributed by atoms with E-state index in [0.29, 0.717) is 24.9 Å². The molecule has 2 unspecified atom stereocenters. The highest BCUT2D eigenvalue weighted by atomic mass is 32.2. The second kappa shape index (κ2) is 5.52. The number of rotatable bonds is 3.